The topological polar surface area (TPSA) is 65.1 Å². The lowest BCUT2D eigenvalue weighted by molar-refractivity contribution is 0.285. The van der Waals surface area contributed by atoms with Gasteiger partial charge in [0, 0.05) is 19.3 Å². The Labute approximate surface area is 113 Å². The number of hydrazine groups is 1. The first-order chi connectivity index (χ1) is 9.28. The molecule has 0 aliphatic heterocycles. The number of nitrogens with zero attached hydrogens (tertiary/aromatic N) is 2. The predicted octanol–water partition coefficient (Wildman–Crippen LogP) is 1.26. The standard InChI is InChI=1S/C14H20N4O/c1-18-11-12(10-16-18)9-13(17-15)7-8-19-14-5-3-2-4-6-14/h2-6,10-11,13,17H,7-9,15H2,1H3. The van der Waals surface area contributed by atoms with Gasteiger partial charge in [0.25, 0.3) is 0 Å². The van der Waals surface area contributed by atoms with Gasteiger partial charge >= 0.3 is 0 Å². The van der Waals surface area contributed by atoms with E-state index in [0.717, 1.165) is 18.6 Å². The molecule has 5 nitrogen and oxygen atoms in total. The molecule has 0 fully saturated rings. The van der Waals surface area contributed by atoms with Crippen molar-refractivity contribution in [1.29, 1.82) is 0 Å². The summed E-state index contributed by atoms with van der Waals surface area (Å²) in [7, 11) is 1.91. The number of ether oxygens (including phenoxy) is 1. The van der Waals surface area contributed by atoms with Crippen LogP contribution in [0.2, 0.25) is 0 Å². The minimum absolute atomic E-state index is 0.188. The van der Waals surface area contributed by atoms with Gasteiger partial charge < -0.3 is 4.74 Å². The highest BCUT2D eigenvalue weighted by molar-refractivity contribution is 5.20. The molecule has 0 aliphatic rings. The van der Waals surface area contributed by atoms with Gasteiger partial charge in [-0.3, -0.25) is 16.0 Å². The average molecular weight is 260 g/mol. The first-order valence-electron chi connectivity index (χ1n) is 6.39. The molecule has 0 saturated heterocycles. The molecular weight excluding hydrogens is 240 g/mol. The van der Waals surface area contributed by atoms with Crippen molar-refractivity contribution in [1.82, 2.24) is 15.2 Å². The van der Waals surface area contributed by atoms with Crippen LogP contribution in [0, 0.1) is 0 Å². The van der Waals surface area contributed by atoms with Crippen LogP contribution in [0.3, 0.4) is 0 Å². The second-order valence-corrected chi connectivity index (χ2v) is 4.54. The highest BCUT2D eigenvalue weighted by atomic mass is 16.5. The smallest absolute Gasteiger partial charge is 0.119 e. The molecule has 0 bridgehead atoms. The van der Waals surface area contributed by atoms with Gasteiger partial charge in [0.2, 0.25) is 0 Å². The van der Waals surface area contributed by atoms with E-state index in [1.807, 2.05) is 49.8 Å². The number of rotatable bonds is 7. The lowest BCUT2D eigenvalue weighted by Gasteiger charge is -2.15. The minimum Gasteiger partial charge on any atom is -0.494 e. The van der Waals surface area contributed by atoms with Crippen molar-refractivity contribution >= 4 is 0 Å². The molecule has 1 unspecified atom stereocenters. The number of aromatic nitrogens is 2. The maximum Gasteiger partial charge on any atom is 0.119 e. The van der Waals surface area contributed by atoms with Crippen LogP contribution in [0.15, 0.2) is 42.7 Å². The van der Waals surface area contributed by atoms with Crippen molar-refractivity contribution < 1.29 is 4.74 Å². The molecule has 0 spiro atoms. The van der Waals surface area contributed by atoms with Gasteiger partial charge in [-0.1, -0.05) is 18.2 Å². The molecule has 1 aromatic heterocycles. The molecule has 102 valence electrons. The molecule has 5 heteroatoms. The largest absolute Gasteiger partial charge is 0.494 e. The van der Waals surface area contributed by atoms with Gasteiger partial charge in [0.15, 0.2) is 0 Å². The van der Waals surface area contributed by atoms with Crippen LogP contribution in [-0.2, 0) is 13.5 Å². The van der Waals surface area contributed by atoms with Crippen LogP contribution in [0.1, 0.15) is 12.0 Å². The molecular formula is C14H20N4O. The molecule has 3 N–H and O–H groups in total. The van der Waals surface area contributed by atoms with E-state index in [1.165, 1.54) is 5.56 Å². The molecule has 2 aromatic rings. The molecule has 2 rings (SSSR count). The van der Waals surface area contributed by atoms with E-state index in [4.69, 9.17) is 10.6 Å². The summed E-state index contributed by atoms with van der Waals surface area (Å²) in [6.45, 7) is 0.638. The number of hydrogen-bond donors (Lipinski definition) is 2. The Kier molecular flexibility index (Phi) is 4.94. The summed E-state index contributed by atoms with van der Waals surface area (Å²) in [5.74, 6) is 6.46. The first kappa shape index (κ1) is 13.6. The highest BCUT2D eigenvalue weighted by Gasteiger charge is 2.09. The number of hydrogen-bond acceptors (Lipinski definition) is 4. The Morgan fingerprint density at radius 2 is 2.16 bits per heavy atom. The molecule has 0 amide bonds. The zero-order valence-electron chi connectivity index (χ0n) is 11.1. The Hall–Kier alpha value is -1.85. The fraction of sp³-hybridized carbons (Fsp3) is 0.357. The maximum atomic E-state index is 5.66. The molecule has 0 radical (unpaired) electrons. The van der Waals surface area contributed by atoms with Crippen LogP contribution in [-0.4, -0.2) is 22.4 Å². The quantitative estimate of drug-likeness (QED) is 0.581. The van der Waals surface area contributed by atoms with Crippen molar-refractivity contribution in [2.24, 2.45) is 12.9 Å². The highest BCUT2D eigenvalue weighted by Crippen LogP contribution is 2.10. The fourth-order valence-electron chi connectivity index (χ4n) is 1.94. The third kappa shape index (κ3) is 4.39. The summed E-state index contributed by atoms with van der Waals surface area (Å²) in [6, 6.07) is 9.98. The maximum absolute atomic E-state index is 5.66. The lowest BCUT2D eigenvalue weighted by atomic mass is 10.1. The van der Waals surface area contributed by atoms with Crippen LogP contribution >= 0.6 is 0 Å². The molecule has 0 aliphatic carbocycles. The van der Waals surface area contributed by atoms with Gasteiger partial charge in [-0.2, -0.15) is 5.10 Å². The number of nitrogens with one attached hydrogen (secondary N) is 1. The Bertz CT molecular complexity index is 483. The molecule has 1 heterocycles. The van der Waals surface area contributed by atoms with Gasteiger partial charge in [-0.15, -0.1) is 0 Å². The van der Waals surface area contributed by atoms with Crippen LogP contribution in [0.4, 0.5) is 0 Å². The number of aryl methyl sites for hydroxylation is 1. The van der Waals surface area contributed by atoms with E-state index in [-0.39, 0.29) is 6.04 Å². The fourth-order valence-corrected chi connectivity index (χ4v) is 1.94. The van der Waals surface area contributed by atoms with Crippen molar-refractivity contribution in [3.05, 3.63) is 48.3 Å². The van der Waals surface area contributed by atoms with E-state index in [0.29, 0.717) is 6.61 Å². The monoisotopic (exact) mass is 260 g/mol. The van der Waals surface area contributed by atoms with Crippen molar-refractivity contribution in [2.45, 2.75) is 18.9 Å². The number of para-hydroxylation sites is 1. The average Bonchev–Trinajstić information content (AvgIpc) is 2.84. The Morgan fingerprint density at radius 1 is 1.37 bits per heavy atom. The SMILES string of the molecule is Cn1cc(CC(CCOc2ccccc2)NN)cn1. The van der Waals surface area contributed by atoms with E-state index in [1.54, 1.807) is 4.68 Å². The van der Waals surface area contributed by atoms with E-state index in [9.17, 15) is 0 Å². The number of benzene rings is 1. The molecule has 0 saturated carbocycles. The molecule has 1 atom stereocenters. The van der Waals surface area contributed by atoms with Crippen molar-refractivity contribution in [2.75, 3.05) is 6.61 Å². The van der Waals surface area contributed by atoms with E-state index >= 15 is 0 Å². The minimum atomic E-state index is 0.188. The van der Waals surface area contributed by atoms with Gasteiger partial charge in [0.1, 0.15) is 5.75 Å². The predicted molar refractivity (Wildman–Crippen MR) is 74.6 cm³/mol. The lowest BCUT2D eigenvalue weighted by Crippen LogP contribution is -2.37. The zero-order valence-corrected chi connectivity index (χ0v) is 11.1. The first-order valence-corrected chi connectivity index (χ1v) is 6.39. The summed E-state index contributed by atoms with van der Waals surface area (Å²) in [5.41, 5.74) is 4.00. The Morgan fingerprint density at radius 3 is 2.79 bits per heavy atom. The van der Waals surface area contributed by atoms with Crippen LogP contribution in [0.25, 0.3) is 0 Å². The zero-order chi connectivity index (χ0) is 13.5. The van der Waals surface area contributed by atoms with Gasteiger partial charge in [-0.25, -0.2) is 0 Å². The normalized spacial score (nSPS) is 12.3. The van der Waals surface area contributed by atoms with E-state index in [2.05, 4.69) is 10.5 Å². The summed E-state index contributed by atoms with van der Waals surface area (Å²) in [5, 5.41) is 4.15. The third-order valence-corrected chi connectivity index (χ3v) is 2.95. The molecule has 1 aromatic carbocycles. The third-order valence-electron chi connectivity index (χ3n) is 2.95. The van der Waals surface area contributed by atoms with Gasteiger partial charge in [-0.05, 0) is 30.5 Å². The second-order valence-electron chi connectivity index (χ2n) is 4.54. The van der Waals surface area contributed by atoms with Crippen molar-refractivity contribution in [3.8, 4) is 5.75 Å². The summed E-state index contributed by atoms with van der Waals surface area (Å²) in [4.78, 5) is 0. The van der Waals surface area contributed by atoms with Crippen molar-refractivity contribution in [3.63, 3.8) is 0 Å². The van der Waals surface area contributed by atoms with Crippen LogP contribution < -0.4 is 16.0 Å². The molecule has 19 heavy (non-hydrogen) atoms. The second kappa shape index (κ2) is 6.92. The van der Waals surface area contributed by atoms with Crippen LogP contribution in [0.5, 0.6) is 5.75 Å². The number of nitrogens with two attached hydrogens (primary N) is 1. The summed E-state index contributed by atoms with van der Waals surface area (Å²) < 4.78 is 7.46. The Balaban J connectivity index is 1.76. The summed E-state index contributed by atoms with van der Waals surface area (Å²) >= 11 is 0. The van der Waals surface area contributed by atoms with Gasteiger partial charge in [0.05, 0.1) is 12.8 Å². The van der Waals surface area contributed by atoms with E-state index < -0.39 is 0 Å². The summed E-state index contributed by atoms with van der Waals surface area (Å²) in [6.07, 6.45) is 5.56.